The molecule has 0 aromatic rings. The number of hydrogen-bond donors (Lipinski definition) is 1. The van der Waals surface area contributed by atoms with E-state index in [1.165, 1.54) is 0 Å². The van der Waals surface area contributed by atoms with Crippen molar-refractivity contribution in [3.8, 4) is 0 Å². The van der Waals surface area contributed by atoms with E-state index in [1.807, 2.05) is 0 Å². The topological polar surface area (TPSA) is 29.1 Å². The monoisotopic (exact) mass is 237 g/mol. The fourth-order valence-electron chi connectivity index (χ4n) is 2.01. The molecule has 0 radical (unpaired) electrons. The highest BCUT2D eigenvalue weighted by Gasteiger charge is 2.26. The standard InChI is InChI=1S/C11H18F3NO/c12-11(13,14)5-1-4-10(16)7-9-3-2-6-15-8-9/h9,15H,1-8H2. The number of rotatable bonds is 5. The van der Waals surface area contributed by atoms with Crippen molar-refractivity contribution in [2.24, 2.45) is 5.92 Å². The Balaban J connectivity index is 2.10. The Morgan fingerprint density at radius 1 is 1.38 bits per heavy atom. The summed E-state index contributed by atoms with van der Waals surface area (Å²) in [6.07, 6.45) is -2.48. The van der Waals surface area contributed by atoms with Gasteiger partial charge in [0.05, 0.1) is 0 Å². The first-order valence-electron chi connectivity index (χ1n) is 5.76. The molecule has 1 fully saturated rings. The number of Topliss-reactive ketones (excluding diaryl/α,β-unsaturated/α-hetero) is 1. The number of ketones is 1. The van der Waals surface area contributed by atoms with Crippen LogP contribution in [-0.4, -0.2) is 25.0 Å². The number of carbonyl (C=O) groups is 1. The Morgan fingerprint density at radius 3 is 2.69 bits per heavy atom. The Bertz CT molecular complexity index is 222. The van der Waals surface area contributed by atoms with Gasteiger partial charge in [-0.1, -0.05) is 0 Å². The molecule has 2 nitrogen and oxygen atoms in total. The molecule has 0 aromatic carbocycles. The van der Waals surface area contributed by atoms with E-state index in [0.29, 0.717) is 12.3 Å². The van der Waals surface area contributed by atoms with Crippen molar-refractivity contribution >= 4 is 5.78 Å². The minimum absolute atomic E-state index is 0.0297. The maximum absolute atomic E-state index is 11.8. The summed E-state index contributed by atoms with van der Waals surface area (Å²) in [7, 11) is 0. The third-order valence-electron chi connectivity index (χ3n) is 2.83. The van der Waals surface area contributed by atoms with Crippen molar-refractivity contribution < 1.29 is 18.0 Å². The molecular weight excluding hydrogens is 219 g/mol. The molecule has 5 heteroatoms. The van der Waals surface area contributed by atoms with Crippen LogP contribution < -0.4 is 5.32 Å². The predicted octanol–water partition coefficient (Wildman–Crippen LogP) is 2.68. The Labute approximate surface area is 93.6 Å². The lowest BCUT2D eigenvalue weighted by atomic mass is 9.93. The normalized spacial score (nSPS) is 22.1. The zero-order valence-corrected chi connectivity index (χ0v) is 9.28. The van der Waals surface area contributed by atoms with Crippen LogP contribution >= 0.6 is 0 Å². The molecule has 1 saturated heterocycles. The van der Waals surface area contributed by atoms with Crippen LogP contribution in [0, 0.1) is 5.92 Å². The minimum Gasteiger partial charge on any atom is -0.316 e. The molecule has 0 aromatic heterocycles. The number of hydrogen-bond acceptors (Lipinski definition) is 2. The van der Waals surface area contributed by atoms with E-state index in [1.54, 1.807) is 0 Å². The van der Waals surface area contributed by atoms with E-state index in [4.69, 9.17) is 0 Å². The van der Waals surface area contributed by atoms with Crippen molar-refractivity contribution in [3.05, 3.63) is 0 Å². The second-order valence-corrected chi connectivity index (χ2v) is 4.42. The predicted molar refractivity (Wildman–Crippen MR) is 55.1 cm³/mol. The fourth-order valence-corrected chi connectivity index (χ4v) is 2.01. The second kappa shape index (κ2) is 6.23. The van der Waals surface area contributed by atoms with Gasteiger partial charge >= 0.3 is 6.18 Å². The summed E-state index contributed by atoms with van der Waals surface area (Å²) in [5.74, 6) is 0.296. The first kappa shape index (κ1) is 13.5. The molecule has 1 aliphatic rings. The molecule has 0 bridgehead atoms. The largest absolute Gasteiger partial charge is 0.389 e. The number of carbonyl (C=O) groups excluding carboxylic acids is 1. The highest BCUT2D eigenvalue weighted by Crippen LogP contribution is 2.23. The SMILES string of the molecule is O=C(CCCC(F)(F)F)CC1CCCNC1. The highest BCUT2D eigenvalue weighted by molar-refractivity contribution is 5.78. The molecule has 0 aliphatic carbocycles. The Kier molecular flexibility index (Phi) is 5.25. The summed E-state index contributed by atoms with van der Waals surface area (Å²) in [6.45, 7) is 1.81. The summed E-state index contributed by atoms with van der Waals surface area (Å²) in [5, 5.41) is 3.19. The van der Waals surface area contributed by atoms with Crippen LogP contribution in [0.2, 0.25) is 0 Å². The van der Waals surface area contributed by atoms with Crippen LogP contribution in [0.1, 0.15) is 38.5 Å². The van der Waals surface area contributed by atoms with E-state index in [2.05, 4.69) is 5.32 Å². The van der Waals surface area contributed by atoms with Crippen molar-refractivity contribution in [3.63, 3.8) is 0 Å². The lowest BCUT2D eigenvalue weighted by molar-refractivity contribution is -0.137. The summed E-state index contributed by atoms with van der Waals surface area (Å²) in [4.78, 5) is 11.4. The molecule has 1 rings (SSSR count). The molecule has 1 unspecified atom stereocenters. The number of nitrogens with one attached hydrogen (secondary N) is 1. The van der Waals surface area contributed by atoms with Gasteiger partial charge in [0, 0.05) is 19.3 Å². The zero-order valence-electron chi connectivity index (χ0n) is 9.28. The maximum Gasteiger partial charge on any atom is 0.389 e. The third kappa shape index (κ3) is 6.10. The smallest absolute Gasteiger partial charge is 0.316 e. The first-order valence-corrected chi connectivity index (χ1v) is 5.76. The van der Waals surface area contributed by atoms with Gasteiger partial charge in [-0.15, -0.1) is 0 Å². The van der Waals surface area contributed by atoms with Crippen LogP contribution in [0.5, 0.6) is 0 Å². The van der Waals surface area contributed by atoms with Crippen LogP contribution in [-0.2, 0) is 4.79 Å². The van der Waals surface area contributed by atoms with Crippen molar-refractivity contribution in [1.82, 2.24) is 5.32 Å². The quantitative estimate of drug-likeness (QED) is 0.796. The van der Waals surface area contributed by atoms with E-state index in [9.17, 15) is 18.0 Å². The van der Waals surface area contributed by atoms with Gasteiger partial charge in [-0.25, -0.2) is 0 Å². The lowest BCUT2D eigenvalue weighted by Gasteiger charge is -2.21. The van der Waals surface area contributed by atoms with Crippen LogP contribution in [0.25, 0.3) is 0 Å². The molecular formula is C11H18F3NO. The molecule has 94 valence electrons. The van der Waals surface area contributed by atoms with Gasteiger partial charge < -0.3 is 5.32 Å². The molecule has 16 heavy (non-hydrogen) atoms. The van der Waals surface area contributed by atoms with Gasteiger partial charge in [0.1, 0.15) is 5.78 Å². The number of alkyl halides is 3. The van der Waals surface area contributed by atoms with Gasteiger partial charge in [-0.05, 0) is 38.3 Å². The second-order valence-electron chi connectivity index (χ2n) is 4.42. The minimum atomic E-state index is -4.13. The summed E-state index contributed by atoms with van der Waals surface area (Å²) in [5.41, 5.74) is 0. The Morgan fingerprint density at radius 2 is 2.12 bits per heavy atom. The molecule has 0 spiro atoms. The summed E-state index contributed by atoms with van der Waals surface area (Å²) < 4.78 is 35.5. The lowest BCUT2D eigenvalue weighted by Crippen LogP contribution is -2.31. The number of piperidine rings is 1. The average Bonchev–Trinajstić information content (AvgIpc) is 2.17. The average molecular weight is 237 g/mol. The van der Waals surface area contributed by atoms with Gasteiger partial charge in [-0.3, -0.25) is 4.79 Å². The van der Waals surface area contributed by atoms with Gasteiger partial charge in [0.25, 0.3) is 0 Å². The van der Waals surface area contributed by atoms with Crippen molar-refractivity contribution in [2.45, 2.75) is 44.7 Å². The van der Waals surface area contributed by atoms with E-state index in [0.717, 1.165) is 25.9 Å². The third-order valence-corrected chi connectivity index (χ3v) is 2.83. The van der Waals surface area contributed by atoms with Crippen molar-refractivity contribution in [1.29, 1.82) is 0 Å². The van der Waals surface area contributed by atoms with E-state index in [-0.39, 0.29) is 18.6 Å². The van der Waals surface area contributed by atoms with E-state index >= 15 is 0 Å². The summed E-state index contributed by atoms with van der Waals surface area (Å²) >= 11 is 0. The molecule has 1 aliphatic heterocycles. The van der Waals surface area contributed by atoms with Gasteiger partial charge in [-0.2, -0.15) is 13.2 Å². The highest BCUT2D eigenvalue weighted by atomic mass is 19.4. The van der Waals surface area contributed by atoms with Gasteiger partial charge in [0.2, 0.25) is 0 Å². The fraction of sp³-hybridized carbons (Fsp3) is 0.909. The Hall–Kier alpha value is -0.580. The first-order chi connectivity index (χ1) is 7.47. The molecule has 1 N–H and O–H groups in total. The van der Waals surface area contributed by atoms with Gasteiger partial charge in [0.15, 0.2) is 0 Å². The molecule has 0 amide bonds. The summed E-state index contributed by atoms with van der Waals surface area (Å²) in [6, 6.07) is 0. The molecule has 0 saturated carbocycles. The molecule has 1 atom stereocenters. The van der Waals surface area contributed by atoms with Crippen LogP contribution in [0.4, 0.5) is 13.2 Å². The number of halogens is 3. The maximum atomic E-state index is 11.8. The van der Waals surface area contributed by atoms with E-state index < -0.39 is 12.6 Å². The van der Waals surface area contributed by atoms with Crippen LogP contribution in [0.15, 0.2) is 0 Å². The van der Waals surface area contributed by atoms with Crippen LogP contribution in [0.3, 0.4) is 0 Å². The zero-order chi connectivity index (χ0) is 12.0. The molecule has 1 heterocycles. The van der Waals surface area contributed by atoms with Crippen molar-refractivity contribution in [2.75, 3.05) is 13.1 Å².